The maximum atomic E-state index is 12.6. The van der Waals surface area contributed by atoms with Gasteiger partial charge in [0, 0.05) is 38.1 Å². The molecule has 1 aromatic carbocycles. The third-order valence-electron chi connectivity index (χ3n) is 4.48. The minimum Gasteiger partial charge on any atom is -0.353 e. The monoisotopic (exact) mass is 380 g/mol. The van der Waals surface area contributed by atoms with Crippen LogP contribution in [0.5, 0.6) is 0 Å². The number of anilines is 1. The van der Waals surface area contributed by atoms with Crippen molar-refractivity contribution in [3.8, 4) is 5.69 Å². The lowest BCUT2D eigenvalue weighted by Gasteiger charge is -2.35. The summed E-state index contributed by atoms with van der Waals surface area (Å²) in [7, 11) is 0. The van der Waals surface area contributed by atoms with E-state index in [9.17, 15) is 4.79 Å². The van der Waals surface area contributed by atoms with Crippen molar-refractivity contribution in [2.24, 2.45) is 0 Å². The molecule has 1 aliphatic heterocycles. The standard InChI is InChI=1S/C19H20N6OS/c26-18(24-12-10-23(11-13-24)17-8-4-5-9-20-17)14-27-19-22-21-15-25(19)16-6-2-1-3-7-16/h1-9,15H,10-14H2. The van der Waals surface area contributed by atoms with Crippen molar-refractivity contribution in [1.29, 1.82) is 0 Å². The third-order valence-corrected chi connectivity index (χ3v) is 5.41. The van der Waals surface area contributed by atoms with Crippen molar-refractivity contribution in [1.82, 2.24) is 24.6 Å². The molecule has 1 saturated heterocycles. The van der Waals surface area contributed by atoms with E-state index in [2.05, 4.69) is 20.1 Å². The molecule has 0 bridgehead atoms. The van der Waals surface area contributed by atoms with Crippen LogP contribution in [0.2, 0.25) is 0 Å². The average molecular weight is 380 g/mol. The van der Waals surface area contributed by atoms with Gasteiger partial charge in [0.25, 0.3) is 0 Å². The second kappa shape index (κ2) is 8.22. The van der Waals surface area contributed by atoms with Crippen molar-refractivity contribution in [3.63, 3.8) is 0 Å². The van der Waals surface area contributed by atoms with Crippen LogP contribution in [0.25, 0.3) is 5.69 Å². The number of nitrogens with zero attached hydrogens (tertiary/aromatic N) is 6. The van der Waals surface area contributed by atoms with E-state index in [0.717, 1.165) is 29.8 Å². The summed E-state index contributed by atoms with van der Waals surface area (Å²) in [5, 5.41) is 8.86. The molecule has 0 N–H and O–H groups in total. The van der Waals surface area contributed by atoms with E-state index in [0.29, 0.717) is 18.8 Å². The number of benzene rings is 1. The zero-order valence-electron chi connectivity index (χ0n) is 14.8. The van der Waals surface area contributed by atoms with Gasteiger partial charge in [-0.15, -0.1) is 10.2 Å². The molecule has 7 nitrogen and oxygen atoms in total. The van der Waals surface area contributed by atoms with Crippen LogP contribution in [0.15, 0.2) is 66.2 Å². The quantitative estimate of drug-likeness (QED) is 0.632. The van der Waals surface area contributed by atoms with Crippen LogP contribution in [-0.4, -0.2) is 62.5 Å². The Morgan fingerprint density at radius 2 is 1.78 bits per heavy atom. The van der Waals surface area contributed by atoms with Gasteiger partial charge in [-0.1, -0.05) is 36.0 Å². The average Bonchev–Trinajstić information content (AvgIpc) is 3.22. The molecular weight excluding hydrogens is 360 g/mol. The molecule has 1 fully saturated rings. The molecule has 27 heavy (non-hydrogen) atoms. The van der Waals surface area contributed by atoms with E-state index < -0.39 is 0 Å². The maximum absolute atomic E-state index is 12.6. The van der Waals surface area contributed by atoms with Crippen LogP contribution < -0.4 is 4.90 Å². The van der Waals surface area contributed by atoms with E-state index in [1.54, 1.807) is 12.5 Å². The second-order valence-electron chi connectivity index (χ2n) is 6.16. The minimum atomic E-state index is 0.128. The highest BCUT2D eigenvalue weighted by Crippen LogP contribution is 2.20. The molecule has 0 saturated carbocycles. The smallest absolute Gasteiger partial charge is 0.233 e. The fourth-order valence-electron chi connectivity index (χ4n) is 3.03. The Balaban J connectivity index is 1.32. The van der Waals surface area contributed by atoms with E-state index in [1.807, 2.05) is 58.0 Å². The van der Waals surface area contributed by atoms with Crippen molar-refractivity contribution in [2.45, 2.75) is 5.16 Å². The zero-order chi connectivity index (χ0) is 18.5. The molecular formula is C19H20N6OS. The van der Waals surface area contributed by atoms with Crippen molar-refractivity contribution in [3.05, 3.63) is 61.1 Å². The summed E-state index contributed by atoms with van der Waals surface area (Å²) < 4.78 is 1.90. The predicted molar refractivity (Wildman–Crippen MR) is 105 cm³/mol. The van der Waals surface area contributed by atoms with Crippen LogP contribution in [0.1, 0.15) is 0 Å². The summed E-state index contributed by atoms with van der Waals surface area (Å²) in [5.41, 5.74) is 0.987. The van der Waals surface area contributed by atoms with Gasteiger partial charge in [0.05, 0.1) is 5.75 Å². The SMILES string of the molecule is O=C(CSc1nncn1-c1ccccc1)N1CCN(c2ccccn2)CC1. The van der Waals surface area contributed by atoms with Crippen LogP contribution in [-0.2, 0) is 4.79 Å². The van der Waals surface area contributed by atoms with Crippen molar-refractivity contribution in [2.75, 3.05) is 36.8 Å². The summed E-state index contributed by atoms with van der Waals surface area (Å²) in [6.45, 7) is 3.02. The molecule has 3 aromatic rings. The molecule has 2 aromatic heterocycles. The summed E-state index contributed by atoms with van der Waals surface area (Å²) in [6, 6.07) is 15.8. The highest BCUT2D eigenvalue weighted by atomic mass is 32.2. The Hall–Kier alpha value is -2.87. The molecule has 8 heteroatoms. The van der Waals surface area contributed by atoms with Gasteiger partial charge in [-0.3, -0.25) is 9.36 Å². The summed E-state index contributed by atoms with van der Waals surface area (Å²) >= 11 is 1.42. The molecule has 0 radical (unpaired) electrons. The van der Waals surface area contributed by atoms with Crippen LogP contribution >= 0.6 is 11.8 Å². The minimum absolute atomic E-state index is 0.128. The Morgan fingerprint density at radius 1 is 1.00 bits per heavy atom. The number of hydrogen-bond donors (Lipinski definition) is 0. The number of hydrogen-bond acceptors (Lipinski definition) is 6. The predicted octanol–water partition coefficient (Wildman–Crippen LogP) is 2.10. The topological polar surface area (TPSA) is 67.2 Å². The van der Waals surface area contributed by atoms with E-state index in [4.69, 9.17) is 0 Å². The van der Waals surface area contributed by atoms with Gasteiger partial charge < -0.3 is 9.80 Å². The van der Waals surface area contributed by atoms with Gasteiger partial charge >= 0.3 is 0 Å². The molecule has 3 heterocycles. The highest BCUT2D eigenvalue weighted by Gasteiger charge is 2.22. The Labute approximate surface area is 162 Å². The summed E-state index contributed by atoms with van der Waals surface area (Å²) in [4.78, 5) is 21.1. The van der Waals surface area contributed by atoms with E-state index in [-0.39, 0.29) is 5.91 Å². The van der Waals surface area contributed by atoms with Gasteiger partial charge in [-0.05, 0) is 24.3 Å². The largest absolute Gasteiger partial charge is 0.353 e. The normalized spacial score (nSPS) is 14.4. The first-order valence-corrected chi connectivity index (χ1v) is 9.82. The maximum Gasteiger partial charge on any atom is 0.233 e. The van der Waals surface area contributed by atoms with Crippen LogP contribution in [0, 0.1) is 0 Å². The van der Waals surface area contributed by atoms with Crippen molar-refractivity contribution >= 4 is 23.5 Å². The molecule has 1 aliphatic rings. The number of carbonyl (C=O) groups excluding carboxylic acids is 1. The first-order valence-electron chi connectivity index (χ1n) is 8.83. The lowest BCUT2D eigenvalue weighted by atomic mass is 10.3. The number of carbonyl (C=O) groups is 1. The van der Waals surface area contributed by atoms with Gasteiger partial charge in [0.15, 0.2) is 5.16 Å². The lowest BCUT2D eigenvalue weighted by molar-refractivity contribution is -0.128. The number of amides is 1. The zero-order valence-corrected chi connectivity index (χ0v) is 15.6. The number of pyridine rings is 1. The van der Waals surface area contributed by atoms with Crippen LogP contribution in [0.3, 0.4) is 0 Å². The third kappa shape index (κ3) is 4.11. The lowest BCUT2D eigenvalue weighted by Crippen LogP contribution is -2.49. The first-order chi connectivity index (χ1) is 13.3. The van der Waals surface area contributed by atoms with Crippen molar-refractivity contribution < 1.29 is 4.79 Å². The van der Waals surface area contributed by atoms with Gasteiger partial charge in [-0.2, -0.15) is 0 Å². The molecule has 0 atom stereocenters. The number of aromatic nitrogens is 4. The molecule has 4 rings (SSSR count). The number of thioether (sulfide) groups is 1. The number of piperazine rings is 1. The fourth-order valence-corrected chi connectivity index (χ4v) is 3.86. The molecule has 138 valence electrons. The van der Waals surface area contributed by atoms with Gasteiger partial charge in [0.2, 0.25) is 5.91 Å². The second-order valence-corrected chi connectivity index (χ2v) is 7.11. The number of para-hydroxylation sites is 1. The summed E-state index contributed by atoms with van der Waals surface area (Å²) in [6.07, 6.45) is 3.47. The molecule has 0 spiro atoms. The Kier molecular flexibility index (Phi) is 5.34. The summed E-state index contributed by atoms with van der Waals surface area (Å²) in [5.74, 6) is 1.45. The Bertz CT molecular complexity index is 877. The first kappa shape index (κ1) is 17.5. The molecule has 1 amide bonds. The number of rotatable bonds is 5. The van der Waals surface area contributed by atoms with Gasteiger partial charge in [-0.25, -0.2) is 4.98 Å². The van der Waals surface area contributed by atoms with Crippen LogP contribution in [0.4, 0.5) is 5.82 Å². The highest BCUT2D eigenvalue weighted by molar-refractivity contribution is 7.99. The van der Waals surface area contributed by atoms with Gasteiger partial charge in [0.1, 0.15) is 12.1 Å². The fraction of sp³-hybridized carbons (Fsp3) is 0.263. The Morgan fingerprint density at radius 3 is 2.52 bits per heavy atom. The van der Waals surface area contributed by atoms with E-state index in [1.165, 1.54) is 11.8 Å². The molecule has 0 aliphatic carbocycles. The molecule has 0 unspecified atom stereocenters. The van der Waals surface area contributed by atoms with E-state index >= 15 is 0 Å².